The van der Waals surface area contributed by atoms with Gasteiger partial charge in [0, 0.05) is 19.6 Å². The summed E-state index contributed by atoms with van der Waals surface area (Å²) >= 11 is 0. The standard InChI is InChI=1S/C21H29N5O6/c1-21(2,3)32-19(28)25-7-6-13(10-25)8-22-9-14-11-26(20(29)31-14)16-5-4-15-18(23-16)24-17(27)12-30-15/h4-5,13-14,22H,6-12H2,1-3H3,(H,23,24,27). The second kappa shape index (κ2) is 8.81. The predicted molar refractivity (Wildman–Crippen MR) is 115 cm³/mol. The number of anilines is 2. The lowest BCUT2D eigenvalue weighted by atomic mass is 10.1. The molecule has 2 fully saturated rings. The van der Waals surface area contributed by atoms with Crippen LogP contribution in [0.25, 0.3) is 0 Å². The smallest absolute Gasteiger partial charge is 0.416 e. The average molecular weight is 447 g/mol. The SMILES string of the molecule is CC(C)(C)OC(=O)N1CCC(CNCC2CN(c3ccc4c(n3)NC(=O)CO4)C(=O)O2)C1. The molecule has 2 saturated heterocycles. The zero-order valence-corrected chi connectivity index (χ0v) is 18.6. The molecule has 0 bridgehead atoms. The molecule has 11 heteroatoms. The van der Waals surface area contributed by atoms with Crippen molar-refractivity contribution < 1.29 is 28.6 Å². The van der Waals surface area contributed by atoms with E-state index in [0.29, 0.717) is 56.0 Å². The van der Waals surface area contributed by atoms with Crippen molar-refractivity contribution in [2.24, 2.45) is 5.92 Å². The first-order chi connectivity index (χ1) is 15.2. The van der Waals surface area contributed by atoms with Crippen LogP contribution in [0.1, 0.15) is 27.2 Å². The van der Waals surface area contributed by atoms with Gasteiger partial charge in [0.15, 0.2) is 18.2 Å². The lowest BCUT2D eigenvalue weighted by Crippen LogP contribution is -2.37. The number of amides is 3. The summed E-state index contributed by atoms with van der Waals surface area (Å²) in [6.07, 6.45) is -0.186. The third-order valence-corrected chi connectivity index (χ3v) is 5.35. The lowest BCUT2D eigenvalue weighted by molar-refractivity contribution is -0.118. The summed E-state index contributed by atoms with van der Waals surface area (Å²) in [5, 5.41) is 5.98. The molecule has 2 N–H and O–H groups in total. The number of hydrogen-bond acceptors (Lipinski definition) is 8. The Morgan fingerprint density at radius 3 is 2.88 bits per heavy atom. The highest BCUT2D eigenvalue weighted by molar-refractivity contribution is 5.95. The first-order valence-corrected chi connectivity index (χ1v) is 10.8. The van der Waals surface area contributed by atoms with Crippen molar-refractivity contribution >= 4 is 29.7 Å². The number of aromatic nitrogens is 1. The number of ether oxygens (including phenoxy) is 3. The number of carbonyl (C=O) groups excluding carboxylic acids is 3. The Kier molecular flexibility index (Phi) is 6.09. The summed E-state index contributed by atoms with van der Waals surface area (Å²) in [6, 6.07) is 3.34. The van der Waals surface area contributed by atoms with Crippen molar-refractivity contribution in [1.82, 2.24) is 15.2 Å². The summed E-state index contributed by atoms with van der Waals surface area (Å²) in [7, 11) is 0. The third kappa shape index (κ3) is 5.21. The number of cyclic esters (lactones) is 1. The van der Waals surface area contributed by atoms with E-state index >= 15 is 0 Å². The van der Waals surface area contributed by atoms with Gasteiger partial charge in [0.05, 0.1) is 6.54 Å². The molecule has 3 amide bonds. The largest absolute Gasteiger partial charge is 0.480 e. The zero-order chi connectivity index (χ0) is 22.9. The van der Waals surface area contributed by atoms with Crippen LogP contribution in [-0.2, 0) is 14.3 Å². The minimum absolute atomic E-state index is 0.0515. The van der Waals surface area contributed by atoms with Crippen LogP contribution >= 0.6 is 0 Å². The van der Waals surface area contributed by atoms with E-state index in [0.717, 1.165) is 6.42 Å². The summed E-state index contributed by atoms with van der Waals surface area (Å²) in [6.45, 7) is 8.40. The normalized spacial score (nSPS) is 22.8. The number of fused-ring (bicyclic) bond motifs is 1. The molecule has 174 valence electrons. The molecule has 4 heterocycles. The van der Waals surface area contributed by atoms with Crippen LogP contribution in [0.2, 0.25) is 0 Å². The first-order valence-electron chi connectivity index (χ1n) is 10.8. The predicted octanol–water partition coefficient (Wildman–Crippen LogP) is 1.58. The number of hydrogen-bond donors (Lipinski definition) is 2. The van der Waals surface area contributed by atoms with E-state index in [1.165, 1.54) is 4.90 Å². The van der Waals surface area contributed by atoms with Gasteiger partial charge >= 0.3 is 12.2 Å². The van der Waals surface area contributed by atoms with Crippen molar-refractivity contribution in [2.75, 3.05) is 49.5 Å². The Balaban J connectivity index is 1.23. The van der Waals surface area contributed by atoms with E-state index in [-0.39, 0.29) is 24.7 Å². The number of nitrogens with zero attached hydrogens (tertiary/aromatic N) is 3. The molecule has 0 spiro atoms. The van der Waals surface area contributed by atoms with Gasteiger partial charge in [-0.3, -0.25) is 9.69 Å². The fourth-order valence-corrected chi connectivity index (χ4v) is 3.86. The van der Waals surface area contributed by atoms with Crippen molar-refractivity contribution in [1.29, 1.82) is 0 Å². The molecule has 1 aromatic heterocycles. The van der Waals surface area contributed by atoms with Crippen LogP contribution in [0, 0.1) is 5.92 Å². The summed E-state index contributed by atoms with van der Waals surface area (Å²) in [4.78, 5) is 43.5. The molecule has 1 aromatic rings. The number of nitrogens with one attached hydrogen (secondary N) is 2. The Hall–Kier alpha value is -3.08. The van der Waals surface area contributed by atoms with Gasteiger partial charge in [0.25, 0.3) is 5.91 Å². The summed E-state index contributed by atoms with van der Waals surface area (Å²) in [5.74, 6) is 1.19. The van der Waals surface area contributed by atoms with Gasteiger partial charge < -0.3 is 29.7 Å². The van der Waals surface area contributed by atoms with E-state index < -0.39 is 11.7 Å². The Bertz CT molecular complexity index is 901. The molecular weight excluding hydrogens is 418 g/mol. The van der Waals surface area contributed by atoms with Crippen molar-refractivity contribution in [3.05, 3.63) is 12.1 Å². The van der Waals surface area contributed by atoms with Crippen molar-refractivity contribution in [2.45, 2.75) is 38.9 Å². The summed E-state index contributed by atoms with van der Waals surface area (Å²) < 4.78 is 16.2. The van der Waals surface area contributed by atoms with E-state index in [2.05, 4.69) is 15.6 Å². The van der Waals surface area contributed by atoms with Crippen LogP contribution < -0.4 is 20.3 Å². The number of carbonyl (C=O) groups is 3. The Morgan fingerprint density at radius 2 is 2.09 bits per heavy atom. The Labute approximate surface area is 186 Å². The molecule has 0 saturated carbocycles. The van der Waals surface area contributed by atoms with Gasteiger partial charge in [0.1, 0.15) is 17.5 Å². The van der Waals surface area contributed by atoms with Gasteiger partial charge in [-0.05, 0) is 51.8 Å². The van der Waals surface area contributed by atoms with Crippen LogP contribution in [0.5, 0.6) is 5.75 Å². The maximum atomic E-state index is 12.3. The fraction of sp³-hybridized carbons (Fsp3) is 0.619. The van der Waals surface area contributed by atoms with Gasteiger partial charge in [-0.2, -0.15) is 0 Å². The molecule has 4 rings (SSSR count). The number of likely N-dealkylation sites (tertiary alicyclic amines) is 1. The van der Waals surface area contributed by atoms with E-state index in [1.54, 1.807) is 17.0 Å². The second-order valence-electron chi connectivity index (χ2n) is 9.21. The highest BCUT2D eigenvalue weighted by atomic mass is 16.6. The Morgan fingerprint density at radius 1 is 1.28 bits per heavy atom. The number of pyridine rings is 1. The van der Waals surface area contributed by atoms with E-state index in [4.69, 9.17) is 14.2 Å². The topological polar surface area (TPSA) is 122 Å². The quantitative estimate of drug-likeness (QED) is 0.698. The number of rotatable bonds is 5. The van der Waals surface area contributed by atoms with Gasteiger partial charge in [0.2, 0.25) is 0 Å². The molecule has 0 aromatic carbocycles. The third-order valence-electron chi connectivity index (χ3n) is 5.35. The molecule has 3 aliphatic rings. The molecule has 32 heavy (non-hydrogen) atoms. The first kappa shape index (κ1) is 22.1. The van der Waals surface area contributed by atoms with Crippen LogP contribution in [-0.4, -0.2) is 79.0 Å². The van der Waals surface area contributed by atoms with Gasteiger partial charge in [-0.1, -0.05) is 0 Å². The van der Waals surface area contributed by atoms with Gasteiger partial charge in [-0.25, -0.2) is 14.6 Å². The molecule has 11 nitrogen and oxygen atoms in total. The average Bonchev–Trinajstić information content (AvgIpc) is 3.33. The highest BCUT2D eigenvalue weighted by Crippen LogP contribution is 2.30. The van der Waals surface area contributed by atoms with Crippen LogP contribution in [0.3, 0.4) is 0 Å². The zero-order valence-electron chi connectivity index (χ0n) is 18.6. The van der Waals surface area contributed by atoms with Crippen LogP contribution in [0.15, 0.2) is 12.1 Å². The van der Waals surface area contributed by atoms with Crippen molar-refractivity contribution in [3.8, 4) is 5.75 Å². The second-order valence-corrected chi connectivity index (χ2v) is 9.21. The van der Waals surface area contributed by atoms with Crippen molar-refractivity contribution in [3.63, 3.8) is 0 Å². The molecule has 2 atom stereocenters. The van der Waals surface area contributed by atoms with Gasteiger partial charge in [-0.15, -0.1) is 0 Å². The maximum Gasteiger partial charge on any atom is 0.416 e. The van der Waals surface area contributed by atoms with Crippen LogP contribution in [0.4, 0.5) is 21.2 Å². The molecular formula is C21H29N5O6. The molecule has 0 aliphatic carbocycles. The molecule has 0 radical (unpaired) electrons. The maximum absolute atomic E-state index is 12.3. The highest BCUT2D eigenvalue weighted by Gasteiger charge is 2.34. The minimum Gasteiger partial charge on any atom is -0.480 e. The minimum atomic E-state index is -0.503. The lowest BCUT2D eigenvalue weighted by Gasteiger charge is -2.24. The fourth-order valence-electron chi connectivity index (χ4n) is 3.86. The monoisotopic (exact) mass is 447 g/mol. The molecule has 2 unspecified atom stereocenters. The molecule has 3 aliphatic heterocycles. The van der Waals surface area contributed by atoms with E-state index in [1.807, 2.05) is 20.8 Å². The van der Waals surface area contributed by atoms with E-state index in [9.17, 15) is 14.4 Å². The summed E-state index contributed by atoms with van der Waals surface area (Å²) in [5.41, 5.74) is -0.503.